The normalized spacial score (nSPS) is 28.5. The fourth-order valence-corrected chi connectivity index (χ4v) is 6.61. The molecule has 0 saturated carbocycles. The number of nitrogen functional groups attached to an aromatic ring is 2. The van der Waals surface area contributed by atoms with Gasteiger partial charge in [0, 0.05) is 12.6 Å². The molecule has 6 atom stereocenters. The number of aromatic nitrogens is 8. The van der Waals surface area contributed by atoms with Gasteiger partial charge in [0.1, 0.15) is 30.0 Å². The number of ether oxygens (including phenoxy) is 2. The van der Waals surface area contributed by atoms with Crippen LogP contribution in [0.15, 0.2) is 23.4 Å². The van der Waals surface area contributed by atoms with Crippen LogP contribution in [0.1, 0.15) is 12.5 Å². The number of aliphatic hydroxyl groups is 2. The second-order valence-electron chi connectivity index (χ2n) is 9.40. The van der Waals surface area contributed by atoms with Gasteiger partial charge in [-0.05, 0) is 6.07 Å². The molecule has 4 aromatic heterocycles. The number of nitrogens with two attached hydrogens (primary N) is 2. The van der Waals surface area contributed by atoms with Crippen LogP contribution in [0, 0.1) is 0 Å². The molecule has 0 bridgehead atoms. The first-order valence-electron chi connectivity index (χ1n) is 12.0. The molecular formula is C20H25N10O8PS. The zero-order valence-corrected chi connectivity index (χ0v) is 22.4. The average molecular weight is 597 g/mol. The summed E-state index contributed by atoms with van der Waals surface area (Å²) in [7, 11) is 0. The molecule has 2 aliphatic rings. The summed E-state index contributed by atoms with van der Waals surface area (Å²) in [6, 6.07) is 1.21. The minimum absolute atomic E-state index is 0.0550. The molecule has 4 aromatic rings. The van der Waals surface area contributed by atoms with Crippen molar-refractivity contribution >= 4 is 53.0 Å². The third-order valence-corrected chi connectivity index (χ3v) is 8.49. The van der Waals surface area contributed by atoms with E-state index in [-0.39, 0.29) is 50.0 Å². The predicted molar refractivity (Wildman–Crippen MR) is 140 cm³/mol. The summed E-state index contributed by atoms with van der Waals surface area (Å²) in [5.74, 6) is 0.104. The fraction of sp³-hybridized carbons (Fsp3) is 0.500. The van der Waals surface area contributed by atoms with Crippen LogP contribution in [0.2, 0.25) is 0 Å². The van der Waals surface area contributed by atoms with Crippen molar-refractivity contribution in [3.63, 3.8) is 0 Å². The van der Waals surface area contributed by atoms with Crippen molar-refractivity contribution in [3.8, 4) is 0 Å². The van der Waals surface area contributed by atoms with Crippen molar-refractivity contribution in [3.05, 3.63) is 28.9 Å². The zero-order valence-electron chi connectivity index (χ0n) is 20.6. The van der Waals surface area contributed by atoms with E-state index in [0.29, 0.717) is 16.9 Å². The maximum atomic E-state index is 13.5. The van der Waals surface area contributed by atoms with Crippen molar-refractivity contribution in [1.82, 2.24) is 39.5 Å². The number of hydrogen-bond acceptors (Lipinski definition) is 15. The summed E-state index contributed by atoms with van der Waals surface area (Å²) in [6.07, 6.45) is 0.314. The molecule has 2 saturated heterocycles. The highest BCUT2D eigenvalue weighted by Crippen LogP contribution is 2.59. The Morgan fingerprint density at radius 2 is 2.12 bits per heavy atom. The van der Waals surface area contributed by atoms with E-state index in [4.69, 9.17) is 30.0 Å². The molecule has 18 nitrogen and oxygen atoms in total. The molecular weight excluding hydrogens is 571 g/mol. The Morgan fingerprint density at radius 1 is 1.30 bits per heavy atom. The molecule has 0 radical (unpaired) electrons. The Labute approximate surface area is 229 Å². The van der Waals surface area contributed by atoms with Gasteiger partial charge in [0.15, 0.2) is 11.2 Å². The minimum Gasteiger partial charge on any atom is -0.394 e. The van der Waals surface area contributed by atoms with Gasteiger partial charge in [-0.2, -0.15) is 9.67 Å². The Kier molecular flexibility index (Phi) is 6.78. The van der Waals surface area contributed by atoms with Crippen LogP contribution < -0.4 is 17.0 Å². The molecule has 214 valence electrons. The first kappa shape index (κ1) is 27.0. The number of hydrogen-bond donors (Lipinski definition) is 6. The summed E-state index contributed by atoms with van der Waals surface area (Å²) in [5.41, 5.74) is 9.62. The standard InChI is InChI=1S/C20H25N10O8PS/c21-15-10-1-2-29(16(10)24-8-23-15)11-5-35-12(14(11)32)6-37-39(34,40)38-20(3-9(4-31)36-7-20)30-17-13(27-28-30)18(33)26-19(22)25-17/h1-2,8-9,11-12,14,31-32H,3-7H2,(H,34,40)(H2,21,23,24)(H3,22,25,26,33)/t9-,11?,12+,14-,20-,39?/m0/s1. The van der Waals surface area contributed by atoms with Gasteiger partial charge >= 0.3 is 6.80 Å². The third-order valence-electron chi connectivity index (χ3n) is 6.85. The molecule has 0 aliphatic carbocycles. The lowest BCUT2D eigenvalue weighted by Crippen LogP contribution is -2.38. The summed E-state index contributed by atoms with van der Waals surface area (Å²) in [6.45, 7) is -5.09. The van der Waals surface area contributed by atoms with E-state index in [1.807, 2.05) is 0 Å². The van der Waals surface area contributed by atoms with Gasteiger partial charge in [0.2, 0.25) is 11.7 Å². The Hall–Kier alpha value is -3.16. The molecule has 7 N–H and O–H groups in total. The van der Waals surface area contributed by atoms with Crippen LogP contribution in [0.5, 0.6) is 0 Å². The van der Waals surface area contributed by atoms with Gasteiger partial charge in [-0.3, -0.25) is 18.8 Å². The molecule has 6 heterocycles. The number of thiol groups is 1. The fourth-order valence-electron chi connectivity index (χ4n) is 4.93. The van der Waals surface area contributed by atoms with Crippen LogP contribution in [-0.4, -0.2) is 94.4 Å². The zero-order chi connectivity index (χ0) is 28.2. The maximum absolute atomic E-state index is 13.5. The number of nitrogens with zero attached hydrogens (tertiary/aromatic N) is 7. The number of aliphatic hydroxyl groups excluding tert-OH is 2. The van der Waals surface area contributed by atoms with Crippen LogP contribution in [-0.2, 0) is 28.8 Å². The van der Waals surface area contributed by atoms with E-state index in [1.54, 1.807) is 16.8 Å². The van der Waals surface area contributed by atoms with Gasteiger partial charge in [-0.25, -0.2) is 14.5 Å². The van der Waals surface area contributed by atoms with Crippen molar-refractivity contribution in [2.45, 2.75) is 36.5 Å². The van der Waals surface area contributed by atoms with Gasteiger partial charge in [0.25, 0.3) is 5.56 Å². The first-order chi connectivity index (χ1) is 19.1. The van der Waals surface area contributed by atoms with E-state index in [1.165, 1.54) is 6.33 Å². The van der Waals surface area contributed by atoms with E-state index >= 15 is 0 Å². The molecule has 0 aromatic carbocycles. The minimum atomic E-state index is -4.23. The summed E-state index contributed by atoms with van der Waals surface area (Å²) in [4.78, 5) is 26.9. The molecule has 2 unspecified atom stereocenters. The second-order valence-corrected chi connectivity index (χ2v) is 12.2. The van der Waals surface area contributed by atoms with E-state index < -0.39 is 42.4 Å². The highest BCUT2D eigenvalue weighted by atomic mass is 32.7. The highest BCUT2D eigenvalue weighted by Gasteiger charge is 2.50. The molecule has 0 spiro atoms. The second kappa shape index (κ2) is 10.0. The van der Waals surface area contributed by atoms with Crippen LogP contribution in [0.4, 0.5) is 11.8 Å². The van der Waals surface area contributed by atoms with Gasteiger partial charge in [0.05, 0.1) is 44.0 Å². The lowest BCUT2D eigenvalue weighted by molar-refractivity contribution is -0.0439. The smallest absolute Gasteiger partial charge is 0.388 e. The number of fused-ring (bicyclic) bond motifs is 2. The summed E-state index contributed by atoms with van der Waals surface area (Å²) in [5, 5.41) is 29.1. The summed E-state index contributed by atoms with van der Waals surface area (Å²) < 4.78 is 39.0. The van der Waals surface area contributed by atoms with Gasteiger partial charge in [-0.15, -0.1) is 5.10 Å². The monoisotopic (exact) mass is 596 g/mol. The SMILES string of the molecule is Nc1nc2c(nnn2[C@@]2(OP(=O)(S)OC[C@H]3OCC(n4ccc5c(N)ncnc54)[C@@H]3O)CO[C@H](CO)C2)c(=O)[nH]1. The van der Waals surface area contributed by atoms with Crippen LogP contribution in [0.25, 0.3) is 22.2 Å². The van der Waals surface area contributed by atoms with E-state index in [2.05, 4.69) is 42.5 Å². The van der Waals surface area contributed by atoms with Crippen molar-refractivity contribution in [2.75, 3.05) is 37.9 Å². The topological polar surface area (TPSA) is 254 Å². The van der Waals surface area contributed by atoms with Crippen LogP contribution >= 0.6 is 19.0 Å². The largest absolute Gasteiger partial charge is 0.394 e. The number of H-pyrrole nitrogens is 1. The van der Waals surface area contributed by atoms with Crippen molar-refractivity contribution < 1.29 is 33.3 Å². The molecule has 2 aliphatic heterocycles. The van der Waals surface area contributed by atoms with Crippen molar-refractivity contribution in [1.29, 1.82) is 0 Å². The molecule has 6 rings (SSSR count). The number of anilines is 2. The lowest BCUT2D eigenvalue weighted by Gasteiger charge is -2.30. The number of aromatic amines is 1. The maximum Gasteiger partial charge on any atom is 0.388 e. The quantitative estimate of drug-likeness (QED) is 0.105. The molecule has 2 fully saturated rings. The Bertz CT molecular complexity index is 1680. The molecule has 20 heteroatoms. The molecule has 0 amide bonds. The van der Waals surface area contributed by atoms with E-state index in [0.717, 1.165) is 4.68 Å². The third kappa shape index (κ3) is 4.63. The van der Waals surface area contributed by atoms with Gasteiger partial charge in [-0.1, -0.05) is 17.5 Å². The number of nitrogens with one attached hydrogen (secondary N) is 1. The average Bonchev–Trinajstić information content (AvgIpc) is 3.68. The Balaban J connectivity index is 1.21. The predicted octanol–water partition coefficient (Wildman–Crippen LogP) is -1.07. The summed E-state index contributed by atoms with van der Waals surface area (Å²) >= 11 is 4.13. The van der Waals surface area contributed by atoms with Crippen molar-refractivity contribution in [2.24, 2.45) is 0 Å². The Morgan fingerprint density at radius 3 is 2.90 bits per heavy atom. The lowest BCUT2D eigenvalue weighted by atomic mass is 10.1. The molecule has 40 heavy (non-hydrogen) atoms. The van der Waals surface area contributed by atoms with Crippen LogP contribution in [0.3, 0.4) is 0 Å². The van der Waals surface area contributed by atoms with Gasteiger partial charge < -0.3 is 35.7 Å². The highest BCUT2D eigenvalue weighted by molar-refractivity contribution is 8.44. The van der Waals surface area contributed by atoms with E-state index in [9.17, 15) is 19.6 Å². The first-order valence-corrected chi connectivity index (χ1v) is 14.7. The number of rotatable bonds is 8.